The van der Waals surface area contributed by atoms with E-state index in [0.717, 1.165) is 35.6 Å². The number of esters is 1. The molecule has 0 bridgehead atoms. The Bertz CT molecular complexity index is 1020. The third-order valence-corrected chi connectivity index (χ3v) is 9.79. The molecule has 3 heterocycles. The molecule has 10 heteroatoms. The lowest BCUT2D eigenvalue weighted by atomic mass is 9.73. The predicted molar refractivity (Wildman–Crippen MR) is 152 cm³/mol. The molecule has 1 aromatic rings. The van der Waals surface area contributed by atoms with Gasteiger partial charge in [0.2, 0.25) is 0 Å². The molecule has 0 radical (unpaired) electrons. The molecule has 3 rings (SSSR count). The molecule has 7 atom stereocenters. The van der Waals surface area contributed by atoms with E-state index in [1.165, 1.54) is 11.9 Å². The molecular formula is C28H44N2O6S2. The van der Waals surface area contributed by atoms with Crippen molar-refractivity contribution in [2.24, 2.45) is 17.3 Å². The van der Waals surface area contributed by atoms with E-state index in [4.69, 9.17) is 9.47 Å². The number of hydrogen-bond donors (Lipinski definition) is 2. The number of thioether (sulfide) groups is 1. The standard InChI is InChI=1S/C28H44N2O6S2/c1-16-10-9-11-28(6)22(36-28)14-20(17(2)12-19-13-23(37-7)30(29-19)38-8)35-24(32)15-21(31)27(4,5)26(34)18(3)25(16)33/h12-13,16,18,20-22,25,31,33H,9-11,14-15H2,1-8H3/t16-,18+,20-,21-,22-,25-,28+/m0/s1. The van der Waals surface area contributed by atoms with Crippen LogP contribution in [0.2, 0.25) is 0 Å². The largest absolute Gasteiger partial charge is 0.458 e. The second-order valence-electron chi connectivity index (χ2n) is 11.6. The van der Waals surface area contributed by atoms with Gasteiger partial charge in [0.15, 0.2) is 0 Å². The fourth-order valence-electron chi connectivity index (χ4n) is 5.32. The van der Waals surface area contributed by atoms with E-state index in [1.807, 2.05) is 42.6 Å². The number of carbonyl (C=O) groups is 2. The van der Waals surface area contributed by atoms with E-state index in [2.05, 4.69) is 12.0 Å². The van der Waals surface area contributed by atoms with Gasteiger partial charge in [-0.05, 0) is 68.5 Å². The molecule has 0 aliphatic carbocycles. The number of fused-ring (bicyclic) bond motifs is 1. The van der Waals surface area contributed by atoms with Crippen LogP contribution in [0.25, 0.3) is 6.08 Å². The van der Waals surface area contributed by atoms with Gasteiger partial charge in [-0.2, -0.15) is 5.10 Å². The van der Waals surface area contributed by atoms with Crippen molar-refractivity contribution in [1.82, 2.24) is 9.19 Å². The summed E-state index contributed by atoms with van der Waals surface area (Å²) in [6.45, 7) is 10.9. The van der Waals surface area contributed by atoms with Gasteiger partial charge in [-0.15, -0.1) is 11.8 Å². The maximum atomic E-state index is 13.3. The molecule has 38 heavy (non-hydrogen) atoms. The number of hydrogen-bond acceptors (Lipinski definition) is 9. The summed E-state index contributed by atoms with van der Waals surface area (Å²) in [5.74, 6) is -1.58. The second kappa shape index (κ2) is 12.5. The van der Waals surface area contributed by atoms with Crippen molar-refractivity contribution in [2.75, 3.05) is 12.5 Å². The third-order valence-electron chi connectivity index (χ3n) is 8.34. The van der Waals surface area contributed by atoms with Gasteiger partial charge >= 0.3 is 5.97 Å². The molecule has 2 aliphatic heterocycles. The van der Waals surface area contributed by atoms with Crippen molar-refractivity contribution in [3.8, 4) is 0 Å². The quantitative estimate of drug-likeness (QED) is 0.301. The van der Waals surface area contributed by atoms with E-state index < -0.39 is 35.6 Å². The summed E-state index contributed by atoms with van der Waals surface area (Å²) in [4.78, 5) is 26.3. The van der Waals surface area contributed by atoms with E-state index in [9.17, 15) is 19.8 Å². The van der Waals surface area contributed by atoms with Crippen molar-refractivity contribution < 1.29 is 29.3 Å². The van der Waals surface area contributed by atoms with Crippen LogP contribution >= 0.6 is 23.7 Å². The summed E-state index contributed by atoms with van der Waals surface area (Å²) in [7, 11) is 0. The number of aliphatic hydroxyl groups is 2. The van der Waals surface area contributed by atoms with Gasteiger partial charge in [-0.1, -0.05) is 34.1 Å². The van der Waals surface area contributed by atoms with E-state index in [-0.39, 0.29) is 29.8 Å². The van der Waals surface area contributed by atoms with E-state index in [1.54, 1.807) is 32.5 Å². The Morgan fingerprint density at radius 2 is 1.89 bits per heavy atom. The molecule has 2 fully saturated rings. The van der Waals surface area contributed by atoms with Gasteiger partial charge in [-0.3, -0.25) is 9.59 Å². The number of aliphatic hydroxyl groups excluding tert-OH is 2. The fraction of sp³-hybridized carbons (Fsp3) is 0.750. The Balaban J connectivity index is 1.88. The monoisotopic (exact) mass is 568 g/mol. The summed E-state index contributed by atoms with van der Waals surface area (Å²) >= 11 is 3.12. The molecule has 0 saturated carbocycles. The lowest BCUT2D eigenvalue weighted by Crippen LogP contribution is -2.45. The highest BCUT2D eigenvalue weighted by Crippen LogP contribution is 2.45. The maximum Gasteiger partial charge on any atom is 0.309 e. The highest BCUT2D eigenvalue weighted by Gasteiger charge is 2.53. The molecule has 1 aromatic heterocycles. The second-order valence-corrected chi connectivity index (χ2v) is 13.2. The Labute approximate surface area is 235 Å². The Morgan fingerprint density at radius 1 is 1.21 bits per heavy atom. The highest BCUT2D eigenvalue weighted by atomic mass is 32.2. The lowest BCUT2D eigenvalue weighted by Gasteiger charge is -2.34. The van der Waals surface area contributed by atoms with E-state index >= 15 is 0 Å². The minimum absolute atomic E-state index is 0.0656. The number of nitrogens with zero attached hydrogens (tertiary/aromatic N) is 2. The van der Waals surface area contributed by atoms with Crippen molar-refractivity contribution in [2.45, 2.75) is 109 Å². The van der Waals surface area contributed by atoms with Gasteiger partial charge in [0.05, 0.1) is 41.4 Å². The Morgan fingerprint density at radius 3 is 2.50 bits per heavy atom. The SMILES string of the molecule is CSc1cc(C=C(C)[C@@H]2C[C@@H]3O[C@]3(C)CCC[C@H](C)[C@H](O)[C@@H](C)C(=O)C(C)(C)[C@@H](O)CC(=O)O2)nn1SC. The van der Waals surface area contributed by atoms with Gasteiger partial charge in [0, 0.05) is 18.6 Å². The smallest absolute Gasteiger partial charge is 0.309 e. The fourth-order valence-corrected chi connectivity index (χ4v) is 6.61. The minimum Gasteiger partial charge on any atom is -0.458 e. The van der Waals surface area contributed by atoms with Crippen LogP contribution in [0.1, 0.15) is 79.3 Å². The molecule has 214 valence electrons. The van der Waals surface area contributed by atoms with Crippen LogP contribution in [0.15, 0.2) is 16.7 Å². The van der Waals surface area contributed by atoms with Crippen LogP contribution in [0.4, 0.5) is 0 Å². The number of rotatable bonds is 4. The molecule has 0 unspecified atom stereocenters. The average Bonchev–Trinajstić information content (AvgIpc) is 3.31. The van der Waals surface area contributed by atoms with Crippen molar-refractivity contribution >= 4 is 41.5 Å². The van der Waals surface area contributed by atoms with Gasteiger partial charge in [0.1, 0.15) is 16.9 Å². The van der Waals surface area contributed by atoms with Gasteiger partial charge in [0.25, 0.3) is 0 Å². The average molecular weight is 569 g/mol. The number of ether oxygens (including phenoxy) is 2. The first-order valence-electron chi connectivity index (χ1n) is 13.4. The van der Waals surface area contributed by atoms with Crippen molar-refractivity contribution in [1.29, 1.82) is 0 Å². The first kappa shape index (κ1) is 31.2. The molecule has 0 amide bonds. The van der Waals surface area contributed by atoms with Gasteiger partial charge < -0.3 is 19.7 Å². The molecule has 8 nitrogen and oxygen atoms in total. The van der Waals surface area contributed by atoms with Crippen molar-refractivity contribution in [3.63, 3.8) is 0 Å². The van der Waals surface area contributed by atoms with Crippen LogP contribution in [0.5, 0.6) is 0 Å². The molecule has 2 N–H and O–H groups in total. The number of ketones is 1. The summed E-state index contributed by atoms with van der Waals surface area (Å²) in [6, 6.07) is 1.99. The number of epoxide rings is 1. The normalized spacial score (nSPS) is 35.5. The zero-order valence-corrected chi connectivity index (χ0v) is 25.5. The van der Waals surface area contributed by atoms with Crippen molar-refractivity contribution in [3.05, 3.63) is 17.3 Å². The number of aromatic nitrogens is 2. The zero-order chi connectivity index (χ0) is 28.4. The van der Waals surface area contributed by atoms with Crippen LogP contribution in [0, 0.1) is 17.3 Å². The Hall–Kier alpha value is -1.33. The highest BCUT2D eigenvalue weighted by molar-refractivity contribution is 8.00. The molecule has 0 spiro atoms. The number of cyclic esters (lactones) is 1. The Kier molecular flexibility index (Phi) is 10.2. The van der Waals surface area contributed by atoms with Crippen LogP contribution < -0.4 is 0 Å². The zero-order valence-electron chi connectivity index (χ0n) is 23.9. The van der Waals surface area contributed by atoms with Crippen LogP contribution in [-0.4, -0.2) is 73.7 Å². The topological polar surface area (TPSA) is 114 Å². The molecule has 2 aliphatic rings. The van der Waals surface area contributed by atoms with E-state index in [0.29, 0.717) is 6.42 Å². The molecule has 2 saturated heterocycles. The molecular weight excluding hydrogens is 524 g/mol. The summed E-state index contributed by atoms with van der Waals surface area (Å²) in [5.41, 5.74) is 0.0819. The third kappa shape index (κ3) is 7.05. The summed E-state index contributed by atoms with van der Waals surface area (Å²) in [5, 5.41) is 27.4. The van der Waals surface area contributed by atoms with Crippen LogP contribution in [-0.2, 0) is 19.1 Å². The van der Waals surface area contributed by atoms with Crippen LogP contribution in [0.3, 0.4) is 0 Å². The minimum atomic E-state index is -1.24. The molecule has 0 aromatic carbocycles. The number of Topliss-reactive ketones (excluding diaryl/α,β-unsaturated/α-hetero) is 1. The number of carbonyl (C=O) groups excluding carboxylic acids is 2. The first-order chi connectivity index (χ1) is 17.7. The maximum absolute atomic E-state index is 13.3. The summed E-state index contributed by atoms with van der Waals surface area (Å²) < 4.78 is 13.9. The lowest BCUT2D eigenvalue weighted by molar-refractivity contribution is -0.154. The predicted octanol–water partition coefficient (Wildman–Crippen LogP) is 4.76. The van der Waals surface area contributed by atoms with Gasteiger partial charge in [-0.25, -0.2) is 4.09 Å². The summed E-state index contributed by atoms with van der Waals surface area (Å²) in [6.07, 6.45) is 5.82. The first-order valence-corrected chi connectivity index (χ1v) is 15.8.